The minimum atomic E-state index is -7.02. The van der Waals surface area contributed by atoms with Crippen LogP contribution in [0, 0.1) is 0 Å². The average Bonchev–Trinajstić information content (AvgIpc) is 2.47. The van der Waals surface area contributed by atoms with Crippen LogP contribution in [0.4, 0.5) is 65.9 Å². The Hall–Kier alpha value is -1.74. The van der Waals surface area contributed by atoms with E-state index in [0.717, 1.165) is 0 Å². The van der Waals surface area contributed by atoms with Crippen molar-refractivity contribution in [2.45, 2.75) is 29.9 Å². The average molecular weight is 506 g/mol. The third-order valence-electron chi connectivity index (χ3n) is 2.25. The molecule has 0 aromatic rings. The maximum absolute atomic E-state index is 13.0. The highest BCUT2D eigenvalue weighted by Gasteiger charge is 2.63. The van der Waals surface area contributed by atoms with E-state index in [1.165, 1.54) is 0 Å². The summed E-state index contributed by atoms with van der Waals surface area (Å²) in [7, 11) is -6.93. The summed E-state index contributed by atoms with van der Waals surface area (Å²) in [4.78, 5) is 0. The van der Waals surface area contributed by atoms with Crippen molar-refractivity contribution in [2.24, 2.45) is 0 Å². The molecule has 0 saturated heterocycles. The van der Waals surface area contributed by atoms with Gasteiger partial charge in [0, 0.05) is 0 Å². The molecule has 0 aliphatic carbocycles. The second-order valence-corrected chi connectivity index (χ2v) is 5.88. The summed E-state index contributed by atoms with van der Waals surface area (Å²) in [5.41, 5.74) is -6.45. The van der Waals surface area contributed by atoms with Crippen LogP contribution in [0.1, 0.15) is 0 Å². The van der Waals surface area contributed by atoms with Gasteiger partial charge in [0.25, 0.3) is 0 Å². The normalized spacial score (nSPS) is 16.9. The minimum Gasteiger partial charge on any atom is -0.279 e. The number of rotatable bonds is 8. The SMILES string of the molecule is O=S(=O)(O)C(F)(F)OC(F)(F)OC(F)(F)C(F)=C(F)C(F)=C(F)C(F)(F)C(F)(F)F. The highest BCUT2D eigenvalue weighted by Crippen LogP contribution is 2.46. The molecule has 0 aromatic carbocycles. The van der Waals surface area contributed by atoms with Crippen LogP contribution >= 0.6 is 0 Å². The summed E-state index contributed by atoms with van der Waals surface area (Å²) in [6, 6.07) is 0. The third-order valence-corrected chi connectivity index (χ3v) is 2.93. The number of ether oxygens (including phenoxy) is 2. The summed E-state index contributed by atoms with van der Waals surface area (Å²) in [5.74, 6) is -24.6. The molecule has 5 nitrogen and oxygen atoms in total. The molecular formula is C9HF15O5S. The van der Waals surface area contributed by atoms with Crippen molar-refractivity contribution in [3.8, 4) is 0 Å². The van der Waals surface area contributed by atoms with Crippen LogP contribution < -0.4 is 0 Å². The third kappa shape index (κ3) is 6.14. The molecule has 0 amide bonds. The van der Waals surface area contributed by atoms with Crippen LogP contribution in [-0.2, 0) is 19.6 Å². The lowest BCUT2D eigenvalue weighted by atomic mass is 10.2. The molecule has 0 bridgehead atoms. The zero-order chi connectivity index (χ0) is 24.7. The molecular weight excluding hydrogens is 505 g/mol. The van der Waals surface area contributed by atoms with Crippen LogP contribution in [0.5, 0.6) is 0 Å². The van der Waals surface area contributed by atoms with E-state index in [2.05, 4.69) is 0 Å². The van der Waals surface area contributed by atoms with Gasteiger partial charge in [-0.2, -0.15) is 52.3 Å². The summed E-state index contributed by atoms with van der Waals surface area (Å²) in [6.07, 6.45) is -20.5. The van der Waals surface area contributed by atoms with E-state index >= 15 is 0 Å². The van der Waals surface area contributed by atoms with Crippen molar-refractivity contribution >= 4 is 10.1 Å². The quantitative estimate of drug-likeness (QED) is 0.215. The molecule has 0 spiro atoms. The molecule has 178 valence electrons. The first-order chi connectivity index (χ1) is 12.8. The number of halogens is 15. The Morgan fingerprint density at radius 3 is 1.37 bits per heavy atom. The van der Waals surface area contributed by atoms with Crippen LogP contribution in [0.25, 0.3) is 0 Å². The Morgan fingerprint density at radius 2 is 1.03 bits per heavy atom. The second kappa shape index (κ2) is 8.07. The molecule has 0 rings (SSSR count). The zero-order valence-electron chi connectivity index (χ0n) is 12.7. The molecule has 0 unspecified atom stereocenters. The lowest BCUT2D eigenvalue weighted by Gasteiger charge is -2.24. The first kappa shape index (κ1) is 28.3. The lowest BCUT2D eigenvalue weighted by molar-refractivity contribution is -0.495. The maximum Gasteiger partial charge on any atom is 0.496 e. The van der Waals surface area contributed by atoms with Crippen molar-refractivity contribution in [1.29, 1.82) is 0 Å². The molecule has 1 N–H and O–H groups in total. The molecule has 0 heterocycles. The van der Waals surface area contributed by atoms with E-state index in [1.807, 2.05) is 0 Å². The van der Waals surface area contributed by atoms with E-state index in [-0.39, 0.29) is 0 Å². The van der Waals surface area contributed by atoms with Crippen molar-refractivity contribution in [3.63, 3.8) is 0 Å². The van der Waals surface area contributed by atoms with Gasteiger partial charge in [-0.1, -0.05) is 0 Å². The fourth-order valence-corrected chi connectivity index (χ4v) is 1.19. The Morgan fingerprint density at radius 1 is 0.667 bits per heavy atom. The minimum absolute atomic E-state index is 1.78. The molecule has 30 heavy (non-hydrogen) atoms. The van der Waals surface area contributed by atoms with Crippen molar-refractivity contribution in [3.05, 3.63) is 23.3 Å². The first-order valence-electron chi connectivity index (χ1n) is 5.87. The van der Waals surface area contributed by atoms with Gasteiger partial charge < -0.3 is 0 Å². The van der Waals surface area contributed by atoms with E-state index in [1.54, 1.807) is 9.47 Å². The fraction of sp³-hybridized carbons (Fsp3) is 0.556. The lowest BCUT2D eigenvalue weighted by Crippen LogP contribution is -2.44. The van der Waals surface area contributed by atoms with Gasteiger partial charge in [0.15, 0.2) is 5.83 Å². The maximum atomic E-state index is 13.0. The number of allylic oxidation sites excluding steroid dienone is 3. The Labute approximate surface area is 153 Å². The zero-order valence-corrected chi connectivity index (χ0v) is 13.5. The predicted molar refractivity (Wildman–Crippen MR) is 58.0 cm³/mol. The predicted octanol–water partition coefficient (Wildman–Crippen LogP) is 5.10. The number of hydrogen-bond donors (Lipinski definition) is 1. The van der Waals surface area contributed by atoms with Crippen LogP contribution in [0.3, 0.4) is 0 Å². The van der Waals surface area contributed by atoms with E-state index < -0.39 is 63.4 Å². The topological polar surface area (TPSA) is 72.8 Å². The summed E-state index contributed by atoms with van der Waals surface area (Å²) in [5, 5.41) is 0. The molecule has 0 atom stereocenters. The van der Waals surface area contributed by atoms with Gasteiger partial charge in [-0.3, -0.25) is 4.55 Å². The van der Waals surface area contributed by atoms with Crippen molar-refractivity contribution < 1.29 is 88.3 Å². The largest absolute Gasteiger partial charge is 0.496 e. The Balaban J connectivity index is 6.11. The van der Waals surface area contributed by atoms with E-state index in [4.69, 9.17) is 4.55 Å². The molecule has 0 aliphatic heterocycles. The number of hydrogen-bond acceptors (Lipinski definition) is 4. The van der Waals surface area contributed by atoms with Gasteiger partial charge >= 0.3 is 40.1 Å². The highest BCUT2D eigenvalue weighted by atomic mass is 32.2. The van der Waals surface area contributed by atoms with E-state index in [0.29, 0.717) is 0 Å². The van der Waals surface area contributed by atoms with Crippen LogP contribution in [-0.4, -0.2) is 42.9 Å². The standard InChI is InChI=1S/C9HF15O5S/c10-1(3(12)5(14,15)7(18,19)20)2(11)4(13)6(16,17)28-8(21,22)29-9(23,24)30(25,26)27/h(H,25,26,27). The van der Waals surface area contributed by atoms with Gasteiger partial charge in [0.2, 0.25) is 17.5 Å². The molecule has 0 radical (unpaired) electrons. The first-order valence-corrected chi connectivity index (χ1v) is 7.31. The molecule has 0 fully saturated rings. The molecule has 21 heteroatoms. The van der Waals surface area contributed by atoms with Crippen molar-refractivity contribution in [2.75, 3.05) is 0 Å². The van der Waals surface area contributed by atoms with Gasteiger partial charge in [-0.05, 0) is 0 Å². The van der Waals surface area contributed by atoms with Gasteiger partial charge in [0.1, 0.15) is 0 Å². The van der Waals surface area contributed by atoms with Gasteiger partial charge in [-0.15, -0.1) is 8.78 Å². The Kier molecular flexibility index (Phi) is 7.60. The summed E-state index contributed by atoms with van der Waals surface area (Å²) in [6.45, 7) is 0. The van der Waals surface area contributed by atoms with Crippen LogP contribution in [0.15, 0.2) is 23.3 Å². The second-order valence-electron chi connectivity index (χ2n) is 4.45. The van der Waals surface area contributed by atoms with Gasteiger partial charge in [-0.25, -0.2) is 22.6 Å². The summed E-state index contributed by atoms with van der Waals surface area (Å²) < 4.78 is 219. The van der Waals surface area contributed by atoms with Crippen molar-refractivity contribution in [1.82, 2.24) is 0 Å². The van der Waals surface area contributed by atoms with Gasteiger partial charge in [0.05, 0.1) is 0 Å². The summed E-state index contributed by atoms with van der Waals surface area (Å²) >= 11 is 0. The molecule has 0 aliphatic rings. The number of alkyl halides is 11. The Bertz CT molecular complexity index is 824. The smallest absolute Gasteiger partial charge is 0.279 e. The highest BCUT2D eigenvalue weighted by molar-refractivity contribution is 7.86. The monoisotopic (exact) mass is 506 g/mol. The van der Waals surface area contributed by atoms with Crippen LogP contribution in [0.2, 0.25) is 0 Å². The molecule has 0 aromatic heterocycles. The fourth-order valence-electron chi connectivity index (χ4n) is 0.989. The van der Waals surface area contributed by atoms with E-state index in [9.17, 15) is 74.3 Å². The molecule has 0 saturated carbocycles.